The molecule has 0 amide bonds. The SMILES string of the molecule is CCCCCCCCCCCCCCC[N+](C)(CCCCCCCCCCCCCCCO)CCCCCC[N+](C)(CC)CCCOCCOCCOCCOCCOCCOCCOCCOCCOCCOCCOCCOCCOCCOCCOCCOCCOCCOCCO. The summed E-state index contributed by atoms with van der Waals surface area (Å²) < 4.78 is 102. The Morgan fingerprint density at radius 1 is 0.158 bits per heavy atom. The van der Waals surface area contributed by atoms with Gasteiger partial charge in [-0.1, -0.05) is 142 Å². The van der Waals surface area contributed by atoms with Gasteiger partial charge in [0.2, 0.25) is 0 Å². The fourth-order valence-electron chi connectivity index (χ4n) is 11.6. The predicted molar refractivity (Wildman–Crippen MR) is 405 cm³/mol. The maximum Gasteiger partial charge on any atom is 0.0806 e. The Morgan fingerprint density at radius 3 is 0.505 bits per heavy atom. The standard InChI is InChI=1S/C79H164N2O20/c1-5-7-8-9-10-11-12-14-17-20-23-26-32-38-81(4,39-33-27-24-21-18-15-13-16-19-22-25-30-35-42-82)40-34-29-28-31-37-80(3,6-2)41-36-44-84-46-48-86-50-52-88-54-56-90-58-60-92-62-64-94-66-68-96-70-72-98-74-76-100-78-79-101-77-75-99-73-71-97-69-67-95-65-63-93-61-59-91-57-55-89-53-51-87-49-47-85-45-43-83/h82-83H,5-79H2,1-4H3/q+2. The van der Waals surface area contributed by atoms with Crippen LogP contribution in [0.4, 0.5) is 0 Å². The zero-order valence-corrected chi connectivity index (χ0v) is 66.2. The molecule has 0 aliphatic carbocycles. The summed E-state index contributed by atoms with van der Waals surface area (Å²) in [6.07, 6.45) is 42.5. The summed E-state index contributed by atoms with van der Waals surface area (Å²) in [5, 5.41) is 17.6. The molecular weight excluding hydrogens is 1300 g/mol. The minimum absolute atomic E-state index is 0.0203. The summed E-state index contributed by atoms with van der Waals surface area (Å²) in [7, 11) is 5.03. The van der Waals surface area contributed by atoms with Gasteiger partial charge in [0.1, 0.15) is 0 Å². The van der Waals surface area contributed by atoms with Gasteiger partial charge in [0.25, 0.3) is 0 Å². The normalized spacial score (nSPS) is 13.1. The van der Waals surface area contributed by atoms with E-state index in [1.165, 1.54) is 230 Å². The molecule has 0 aromatic rings. The van der Waals surface area contributed by atoms with Gasteiger partial charge in [0.15, 0.2) is 0 Å². The molecule has 608 valence electrons. The van der Waals surface area contributed by atoms with Crippen LogP contribution in [0, 0.1) is 0 Å². The highest BCUT2D eigenvalue weighted by Crippen LogP contribution is 2.19. The van der Waals surface area contributed by atoms with Crippen molar-refractivity contribution in [3.8, 4) is 0 Å². The highest BCUT2D eigenvalue weighted by molar-refractivity contribution is 4.55. The van der Waals surface area contributed by atoms with E-state index in [2.05, 4.69) is 27.9 Å². The second-order valence-electron chi connectivity index (χ2n) is 27.2. The van der Waals surface area contributed by atoms with Crippen LogP contribution in [0.2, 0.25) is 0 Å². The second kappa shape index (κ2) is 88.0. The lowest BCUT2D eigenvalue weighted by atomic mass is 10.0. The molecule has 0 fully saturated rings. The van der Waals surface area contributed by atoms with E-state index in [4.69, 9.17) is 95.5 Å². The van der Waals surface area contributed by atoms with Gasteiger partial charge in [-0.2, -0.15) is 0 Å². The molecule has 0 spiro atoms. The lowest BCUT2D eigenvalue weighted by molar-refractivity contribution is -0.910. The summed E-state index contributed by atoms with van der Waals surface area (Å²) in [5.41, 5.74) is 0. The van der Waals surface area contributed by atoms with Crippen LogP contribution in [0.5, 0.6) is 0 Å². The van der Waals surface area contributed by atoms with E-state index in [-0.39, 0.29) is 6.61 Å². The van der Waals surface area contributed by atoms with E-state index >= 15 is 0 Å². The molecule has 22 nitrogen and oxygen atoms in total. The van der Waals surface area contributed by atoms with E-state index in [9.17, 15) is 0 Å². The van der Waals surface area contributed by atoms with Crippen molar-refractivity contribution in [3.63, 3.8) is 0 Å². The summed E-state index contributed by atoms with van der Waals surface area (Å²) >= 11 is 0. The van der Waals surface area contributed by atoms with Gasteiger partial charge in [-0.05, 0) is 64.7 Å². The highest BCUT2D eigenvalue weighted by atomic mass is 16.6. The Bertz CT molecular complexity index is 1500. The zero-order valence-electron chi connectivity index (χ0n) is 66.2. The molecular formula is C79H164N2O20+2. The molecule has 0 rings (SSSR count). The maximum absolute atomic E-state index is 8.98. The molecule has 2 atom stereocenters. The number of aliphatic hydroxyl groups excluding tert-OH is 2. The van der Waals surface area contributed by atoms with Crippen molar-refractivity contribution >= 4 is 0 Å². The fourth-order valence-corrected chi connectivity index (χ4v) is 11.6. The lowest BCUT2D eigenvalue weighted by Crippen LogP contribution is -2.46. The largest absolute Gasteiger partial charge is 0.396 e. The Hall–Kier alpha value is -0.880. The van der Waals surface area contributed by atoms with E-state index in [0.717, 1.165) is 23.9 Å². The highest BCUT2D eigenvalue weighted by Gasteiger charge is 2.22. The van der Waals surface area contributed by atoms with Gasteiger partial charge in [0.05, 0.1) is 298 Å². The van der Waals surface area contributed by atoms with Crippen molar-refractivity contribution in [2.75, 3.05) is 304 Å². The predicted octanol–water partition coefficient (Wildman–Crippen LogP) is 12.3. The summed E-state index contributed by atoms with van der Waals surface area (Å²) in [5.74, 6) is 0. The van der Waals surface area contributed by atoms with Crippen molar-refractivity contribution in [3.05, 3.63) is 0 Å². The number of nitrogens with zero attached hydrogens (tertiary/aromatic N) is 2. The smallest absolute Gasteiger partial charge is 0.0806 e. The first-order chi connectivity index (χ1) is 49.9. The van der Waals surface area contributed by atoms with E-state index in [1.54, 1.807) is 0 Å². The van der Waals surface area contributed by atoms with Crippen LogP contribution in [0.1, 0.15) is 213 Å². The van der Waals surface area contributed by atoms with Crippen LogP contribution in [0.15, 0.2) is 0 Å². The van der Waals surface area contributed by atoms with Gasteiger partial charge < -0.3 is 104 Å². The molecule has 0 aliphatic rings. The average molecular weight is 1460 g/mol. The van der Waals surface area contributed by atoms with Gasteiger partial charge in [-0.25, -0.2) is 0 Å². The number of hydrogen-bond donors (Lipinski definition) is 2. The first-order valence-electron chi connectivity index (χ1n) is 41.2. The van der Waals surface area contributed by atoms with Gasteiger partial charge in [-0.3, -0.25) is 0 Å². The number of hydrogen-bond acceptors (Lipinski definition) is 20. The molecule has 0 heterocycles. The Labute approximate surface area is 619 Å². The minimum atomic E-state index is 0.0203. The molecule has 2 N–H and O–H groups in total. The van der Waals surface area contributed by atoms with Crippen molar-refractivity contribution in [2.24, 2.45) is 0 Å². The van der Waals surface area contributed by atoms with E-state index in [0.29, 0.717) is 238 Å². The molecule has 22 heteroatoms. The molecule has 0 aromatic carbocycles. The maximum atomic E-state index is 8.98. The van der Waals surface area contributed by atoms with Crippen LogP contribution >= 0.6 is 0 Å². The number of quaternary nitrogens is 2. The number of unbranched alkanes of at least 4 members (excludes halogenated alkanes) is 27. The quantitative estimate of drug-likeness (QED) is 0.0429. The monoisotopic (exact) mass is 1460 g/mol. The second-order valence-corrected chi connectivity index (χ2v) is 27.2. The average Bonchev–Trinajstić information content (AvgIpc) is 0.979. The van der Waals surface area contributed by atoms with Crippen molar-refractivity contribution in [1.82, 2.24) is 0 Å². The van der Waals surface area contributed by atoms with Crippen LogP contribution in [0.25, 0.3) is 0 Å². The van der Waals surface area contributed by atoms with Crippen LogP contribution < -0.4 is 0 Å². The van der Waals surface area contributed by atoms with Crippen LogP contribution in [-0.4, -0.2) is 324 Å². The fraction of sp³-hybridized carbons (Fsp3) is 1.00. The first-order valence-corrected chi connectivity index (χ1v) is 41.2. The number of aliphatic hydroxyl groups is 2. The summed E-state index contributed by atoms with van der Waals surface area (Å²) in [4.78, 5) is 0. The van der Waals surface area contributed by atoms with E-state index in [1.807, 2.05) is 0 Å². The minimum Gasteiger partial charge on any atom is -0.396 e. The third-order valence-corrected chi connectivity index (χ3v) is 18.1. The molecule has 0 bridgehead atoms. The van der Waals surface area contributed by atoms with Crippen LogP contribution in [-0.2, 0) is 85.3 Å². The summed E-state index contributed by atoms with van der Waals surface area (Å²) in [6, 6.07) is 0. The van der Waals surface area contributed by atoms with E-state index < -0.39 is 0 Å². The molecule has 2 unspecified atom stereocenters. The van der Waals surface area contributed by atoms with Crippen molar-refractivity contribution in [2.45, 2.75) is 213 Å². The topological polar surface area (TPSA) is 207 Å². The Morgan fingerprint density at radius 2 is 0.317 bits per heavy atom. The summed E-state index contributed by atoms with van der Waals surface area (Å²) in [6.45, 7) is 31.1. The van der Waals surface area contributed by atoms with Gasteiger partial charge in [-0.15, -0.1) is 0 Å². The number of ether oxygens (including phenoxy) is 18. The van der Waals surface area contributed by atoms with Gasteiger partial charge >= 0.3 is 0 Å². The third kappa shape index (κ3) is 84.6. The Kier molecular flexibility index (Phi) is 87.3. The molecule has 0 radical (unpaired) electrons. The molecule has 101 heavy (non-hydrogen) atoms. The van der Waals surface area contributed by atoms with Crippen LogP contribution in [0.3, 0.4) is 0 Å². The molecule has 0 saturated heterocycles. The molecule has 0 aliphatic heterocycles. The Balaban J connectivity index is 3.64. The third-order valence-electron chi connectivity index (χ3n) is 18.1. The lowest BCUT2D eigenvalue weighted by Gasteiger charge is -2.35. The zero-order chi connectivity index (χ0) is 72.8. The first kappa shape index (κ1) is 100. The molecule has 0 saturated carbocycles. The molecule has 0 aromatic heterocycles. The number of rotatable bonds is 94. The van der Waals surface area contributed by atoms with Crippen molar-refractivity contribution in [1.29, 1.82) is 0 Å². The van der Waals surface area contributed by atoms with Gasteiger partial charge in [0, 0.05) is 13.0 Å². The van der Waals surface area contributed by atoms with Crippen molar-refractivity contribution < 1.29 is 104 Å².